The first-order chi connectivity index (χ1) is 12.7. The minimum Gasteiger partial charge on any atom is -0.497 e. The second-order valence-corrected chi connectivity index (χ2v) is 5.77. The highest BCUT2D eigenvalue weighted by molar-refractivity contribution is 5.73. The van der Waals surface area contributed by atoms with Crippen molar-refractivity contribution in [2.45, 2.75) is 6.92 Å². The number of hydrogen-bond acceptors (Lipinski definition) is 4. The van der Waals surface area contributed by atoms with Crippen LogP contribution in [0.1, 0.15) is 5.69 Å². The van der Waals surface area contributed by atoms with Crippen LogP contribution in [0.25, 0.3) is 11.1 Å². The Morgan fingerprint density at radius 2 is 1.48 bits per heavy atom. The number of hydrogen-bond donors (Lipinski definition) is 1. The summed E-state index contributed by atoms with van der Waals surface area (Å²) in [6, 6.07) is 3.71. The quantitative estimate of drug-likeness (QED) is 0.540. The highest BCUT2D eigenvalue weighted by Crippen LogP contribution is 2.40. The predicted molar refractivity (Wildman–Crippen MR) is 90.7 cm³/mol. The minimum absolute atomic E-state index is 0.0200. The van der Waals surface area contributed by atoms with Gasteiger partial charge >= 0.3 is 0 Å². The van der Waals surface area contributed by atoms with Crippen molar-refractivity contribution in [2.24, 2.45) is 7.05 Å². The van der Waals surface area contributed by atoms with Crippen LogP contribution in [-0.2, 0) is 7.05 Å². The van der Waals surface area contributed by atoms with E-state index in [4.69, 9.17) is 15.2 Å². The molecule has 0 atom stereocenters. The first-order valence-corrected chi connectivity index (χ1v) is 7.72. The van der Waals surface area contributed by atoms with Crippen molar-refractivity contribution in [3.8, 4) is 28.5 Å². The van der Waals surface area contributed by atoms with Crippen molar-refractivity contribution in [3.05, 3.63) is 53.2 Å². The maximum Gasteiger partial charge on any atom is 0.226 e. The van der Waals surface area contributed by atoms with E-state index >= 15 is 0 Å². The van der Waals surface area contributed by atoms with Gasteiger partial charge < -0.3 is 15.2 Å². The molecular formula is C18H15F4N3O2. The average molecular weight is 381 g/mol. The topological polar surface area (TPSA) is 62.3 Å². The fourth-order valence-corrected chi connectivity index (χ4v) is 2.72. The summed E-state index contributed by atoms with van der Waals surface area (Å²) in [5.74, 6) is -5.02. The van der Waals surface area contributed by atoms with Crippen LogP contribution in [0, 0.1) is 30.2 Å². The summed E-state index contributed by atoms with van der Waals surface area (Å²) in [5.41, 5.74) is 4.92. The predicted octanol–water partition coefficient (Wildman–Crippen LogP) is 4.34. The van der Waals surface area contributed by atoms with Gasteiger partial charge in [0.15, 0.2) is 11.6 Å². The van der Waals surface area contributed by atoms with Crippen LogP contribution >= 0.6 is 0 Å². The van der Waals surface area contributed by atoms with Gasteiger partial charge in [0.25, 0.3) is 0 Å². The van der Waals surface area contributed by atoms with Crippen LogP contribution in [0.2, 0.25) is 0 Å². The highest BCUT2D eigenvalue weighted by Gasteiger charge is 2.26. The Labute approximate surface area is 151 Å². The van der Waals surface area contributed by atoms with Crippen molar-refractivity contribution in [1.29, 1.82) is 0 Å². The number of nitrogen functional groups attached to an aromatic ring is 1. The van der Waals surface area contributed by atoms with E-state index in [9.17, 15) is 17.6 Å². The van der Waals surface area contributed by atoms with E-state index < -0.39 is 34.6 Å². The molecule has 27 heavy (non-hydrogen) atoms. The fraction of sp³-hybridized carbons (Fsp3) is 0.167. The molecule has 0 radical (unpaired) electrons. The van der Waals surface area contributed by atoms with Gasteiger partial charge in [0.2, 0.25) is 11.6 Å². The molecule has 0 aliphatic heterocycles. The zero-order valence-corrected chi connectivity index (χ0v) is 14.6. The van der Waals surface area contributed by atoms with Crippen molar-refractivity contribution >= 4 is 5.69 Å². The number of aromatic nitrogens is 2. The summed E-state index contributed by atoms with van der Waals surface area (Å²) < 4.78 is 68.5. The van der Waals surface area contributed by atoms with E-state index in [1.165, 1.54) is 21.1 Å². The molecule has 0 fully saturated rings. The van der Waals surface area contributed by atoms with Gasteiger partial charge in [0.1, 0.15) is 17.4 Å². The van der Waals surface area contributed by atoms with Crippen LogP contribution in [0.3, 0.4) is 0 Å². The second kappa shape index (κ2) is 6.82. The molecule has 2 N–H and O–H groups in total. The molecule has 2 aromatic carbocycles. The SMILES string of the molecule is COc1cc(F)c(-c2c(C)nn(C)c2Oc2c(F)cc(N)cc2F)c(F)c1. The monoisotopic (exact) mass is 381 g/mol. The van der Waals surface area contributed by atoms with E-state index in [0.29, 0.717) is 0 Å². The number of benzene rings is 2. The van der Waals surface area contributed by atoms with Crippen molar-refractivity contribution in [1.82, 2.24) is 9.78 Å². The van der Waals surface area contributed by atoms with Gasteiger partial charge in [-0.2, -0.15) is 5.10 Å². The van der Waals surface area contributed by atoms with Crippen LogP contribution in [-0.4, -0.2) is 16.9 Å². The molecule has 3 rings (SSSR count). The Kier molecular flexibility index (Phi) is 4.69. The molecule has 0 amide bonds. The largest absolute Gasteiger partial charge is 0.497 e. The Morgan fingerprint density at radius 1 is 0.926 bits per heavy atom. The minimum atomic E-state index is -1.06. The first kappa shape index (κ1) is 18.6. The van der Waals surface area contributed by atoms with Crippen molar-refractivity contribution < 1.29 is 27.0 Å². The lowest BCUT2D eigenvalue weighted by Gasteiger charge is -2.12. The number of aryl methyl sites for hydroxylation is 2. The number of anilines is 1. The lowest BCUT2D eigenvalue weighted by Crippen LogP contribution is -2.01. The van der Waals surface area contributed by atoms with Crippen molar-refractivity contribution in [3.63, 3.8) is 0 Å². The molecule has 1 heterocycles. The molecule has 0 saturated heterocycles. The molecule has 9 heteroatoms. The first-order valence-electron chi connectivity index (χ1n) is 7.72. The summed E-state index contributed by atoms with van der Waals surface area (Å²) in [4.78, 5) is 0. The number of ether oxygens (including phenoxy) is 2. The number of halogens is 4. The third-order valence-electron chi connectivity index (χ3n) is 3.89. The van der Waals surface area contributed by atoms with E-state index in [-0.39, 0.29) is 28.6 Å². The normalized spacial score (nSPS) is 10.9. The van der Waals surface area contributed by atoms with Crippen LogP contribution in [0.15, 0.2) is 24.3 Å². The molecule has 3 aromatic rings. The molecule has 0 spiro atoms. The fourth-order valence-electron chi connectivity index (χ4n) is 2.72. The molecule has 142 valence electrons. The zero-order chi connectivity index (χ0) is 19.9. The number of methoxy groups -OCH3 is 1. The average Bonchev–Trinajstić information content (AvgIpc) is 2.84. The lowest BCUT2D eigenvalue weighted by atomic mass is 10.0. The standard InChI is InChI=1S/C18H15F4N3O2/c1-8-15(16-11(19)6-10(26-3)7-12(16)20)18(25(2)24-8)27-17-13(21)4-9(23)5-14(17)22/h4-7H,23H2,1-3H3. The van der Waals surface area contributed by atoms with Gasteiger partial charge in [-0.25, -0.2) is 22.2 Å². The Bertz CT molecular complexity index is 988. The molecule has 0 unspecified atom stereocenters. The van der Waals surface area contributed by atoms with Gasteiger partial charge in [-0.1, -0.05) is 0 Å². The van der Waals surface area contributed by atoms with E-state index in [1.807, 2.05) is 0 Å². The number of nitrogens with two attached hydrogens (primary N) is 1. The molecule has 0 aliphatic rings. The van der Waals surface area contributed by atoms with Gasteiger partial charge in [0, 0.05) is 37.0 Å². The Morgan fingerprint density at radius 3 is 2.00 bits per heavy atom. The van der Waals surface area contributed by atoms with Crippen molar-refractivity contribution in [2.75, 3.05) is 12.8 Å². The Balaban J connectivity index is 2.19. The van der Waals surface area contributed by atoms with Gasteiger partial charge in [-0.05, 0) is 6.92 Å². The zero-order valence-electron chi connectivity index (χ0n) is 14.6. The molecule has 0 aliphatic carbocycles. The smallest absolute Gasteiger partial charge is 0.226 e. The maximum absolute atomic E-state index is 14.5. The highest BCUT2D eigenvalue weighted by atomic mass is 19.1. The summed E-state index contributed by atoms with van der Waals surface area (Å²) >= 11 is 0. The maximum atomic E-state index is 14.5. The molecular weight excluding hydrogens is 366 g/mol. The molecule has 0 bridgehead atoms. The van der Waals surface area contributed by atoms with Gasteiger partial charge in [0.05, 0.1) is 23.9 Å². The van der Waals surface area contributed by atoms with Crippen LogP contribution in [0.5, 0.6) is 17.4 Å². The molecule has 0 saturated carbocycles. The lowest BCUT2D eigenvalue weighted by molar-refractivity contribution is 0.378. The summed E-state index contributed by atoms with van der Waals surface area (Å²) in [7, 11) is 2.68. The van der Waals surface area contributed by atoms with E-state index in [2.05, 4.69) is 5.10 Å². The second-order valence-electron chi connectivity index (χ2n) is 5.77. The third kappa shape index (κ3) is 3.27. The van der Waals surface area contributed by atoms with Gasteiger partial charge in [-0.15, -0.1) is 0 Å². The van der Waals surface area contributed by atoms with E-state index in [0.717, 1.165) is 28.9 Å². The summed E-state index contributed by atoms with van der Waals surface area (Å²) in [6.45, 7) is 1.49. The van der Waals surface area contributed by atoms with Crippen LogP contribution < -0.4 is 15.2 Å². The molecule has 5 nitrogen and oxygen atoms in total. The summed E-state index contributed by atoms with van der Waals surface area (Å²) in [5, 5.41) is 4.04. The van der Waals surface area contributed by atoms with E-state index in [1.54, 1.807) is 0 Å². The number of nitrogens with zero attached hydrogens (tertiary/aromatic N) is 2. The third-order valence-corrected chi connectivity index (χ3v) is 3.89. The summed E-state index contributed by atoms with van der Waals surface area (Å²) in [6.07, 6.45) is 0. The molecule has 1 aromatic heterocycles. The Hall–Kier alpha value is -3.23. The number of rotatable bonds is 4. The van der Waals surface area contributed by atoms with Gasteiger partial charge in [-0.3, -0.25) is 0 Å². The van der Waals surface area contributed by atoms with Crippen LogP contribution in [0.4, 0.5) is 23.2 Å².